The number of hydrogen-bond acceptors (Lipinski definition) is 4. The van der Waals surface area contributed by atoms with Gasteiger partial charge < -0.3 is 19.9 Å². The summed E-state index contributed by atoms with van der Waals surface area (Å²) in [6, 6.07) is 3.77. The number of aliphatic carboxylic acids is 1. The zero-order valence-electron chi connectivity index (χ0n) is 25.7. The van der Waals surface area contributed by atoms with Gasteiger partial charge in [-0.15, -0.1) is 0 Å². The minimum absolute atomic E-state index is 0.0333. The fraction of sp³-hybridized carbons (Fsp3) is 0.424. The molecule has 0 spiro atoms. The minimum Gasteiger partial charge on any atom is -0.481 e. The van der Waals surface area contributed by atoms with E-state index in [-0.39, 0.29) is 23.5 Å². The number of benzene rings is 2. The molecule has 0 saturated carbocycles. The molecule has 1 heterocycles. The molecule has 0 radical (unpaired) electrons. The summed E-state index contributed by atoms with van der Waals surface area (Å²) in [5, 5.41) is 12.3. The van der Waals surface area contributed by atoms with Gasteiger partial charge in [0.25, 0.3) is 5.56 Å². The van der Waals surface area contributed by atoms with Crippen LogP contribution in [-0.4, -0.2) is 47.1 Å². The second kappa shape index (κ2) is 14.0. The van der Waals surface area contributed by atoms with Gasteiger partial charge in [-0.1, -0.05) is 13.8 Å². The first-order chi connectivity index (χ1) is 20.1. The lowest BCUT2D eigenvalue weighted by Gasteiger charge is -2.26. The number of likely N-dealkylation sites (N-methyl/N-ethyl adjacent to an activating group) is 1. The molecule has 2 atom stereocenters. The number of carboxylic acid groups (broad SMARTS) is 1. The van der Waals surface area contributed by atoms with E-state index in [2.05, 4.69) is 5.32 Å². The second-order valence-electron chi connectivity index (χ2n) is 11.9. The Balaban J connectivity index is 2.10. The van der Waals surface area contributed by atoms with E-state index in [1.165, 1.54) is 28.8 Å². The summed E-state index contributed by atoms with van der Waals surface area (Å²) in [6.45, 7) is 9.57. The molecule has 2 aromatic carbocycles. The molecule has 0 bridgehead atoms. The molecule has 232 valence electrons. The van der Waals surface area contributed by atoms with Crippen LogP contribution >= 0.6 is 0 Å². The van der Waals surface area contributed by atoms with Gasteiger partial charge in [-0.3, -0.25) is 14.4 Å². The maximum atomic E-state index is 15.3. The van der Waals surface area contributed by atoms with E-state index < -0.39 is 53.4 Å². The number of aromatic nitrogens is 1. The van der Waals surface area contributed by atoms with Crippen LogP contribution < -0.4 is 10.9 Å². The molecule has 3 aromatic rings. The van der Waals surface area contributed by atoms with E-state index >= 15 is 8.78 Å². The first kappa shape index (κ1) is 33.6. The highest BCUT2D eigenvalue weighted by atomic mass is 19.2. The Morgan fingerprint density at radius 2 is 1.60 bits per heavy atom. The molecule has 7 nitrogen and oxygen atoms in total. The van der Waals surface area contributed by atoms with Crippen molar-refractivity contribution in [1.29, 1.82) is 0 Å². The average molecular weight is 600 g/mol. The molecule has 1 aromatic heterocycles. The molecular formula is C33H40F3N3O4. The van der Waals surface area contributed by atoms with Crippen LogP contribution in [0.1, 0.15) is 66.6 Å². The SMILES string of the molecule is Cc1cc(=O)n(C(CC(C)C)C(=O)N[C@@H](CC(=O)O)c2cc(-c3c(C)cc(F)cc3C)cc(F)c2F)cc1CCN(C)C. The quantitative estimate of drug-likeness (QED) is 0.271. The highest BCUT2D eigenvalue weighted by Crippen LogP contribution is 2.34. The maximum absolute atomic E-state index is 15.3. The van der Waals surface area contributed by atoms with Gasteiger partial charge in [0.05, 0.1) is 12.5 Å². The fourth-order valence-corrected chi connectivity index (χ4v) is 5.38. The van der Waals surface area contributed by atoms with E-state index in [9.17, 15) is 23.9 Å². The first-order valence-electron chi connectivity index (χ1n) is 14.2. The number of rotatable bonds is 12. The van der Waals surface area contributed by atoms with Crippen LogP contribution in [0.5, 0.6) is 0 Å². The van der Waals surface area contributed by atoms with Crippen molar-refractivity contribution in [1.82, 2.24) is 14.8 Å². The Kier molecular flexibility index (Phi) is 11.0. The van der Waals surface area contributed by atoms with Gasteiger partial charge in [0, 0.05) is 24.4 Å². The van der Waals surface area contributed by atoms with Gasteiger partial charge in [0.1, 0.15) is 11.9 Å². The molecule has 3 rings (SSSR count). The van der Waals surface area contributed by atoms with Gasteiger partial charge in [-0.05, 0) is 111 Å². The van der Waals surface area contributed by atoms with Gasteiger partial charge in [0.15, 0.2) is 11.6 Å². The molecule has 0 aliphatic carbocycles. The van der Waals surface area contributed by atoms with Crippen molar-refractivity contribution >= 4 is 11.9 Å². The molecule has 0 aliphatic rings. The van der Waals surface area contributed by atoms with Crippen LogP contribution in [0.4, 0.5) is 13.2 Å². The molecule has 43 heavy (non-hydrogen) atoms. The summed E-state index contributed by atoms with van der Waals surface area (Å²) >= 11 is 0. The summed E-state index contributed by atoms with van der Waals surface area (Å²) in [5.74, 6) is -5.09. The van der Waals surface area contributed by atoms with Gasteiger partial charge >= 0.3 is 5.97 Å². The molecular weight excluding hydrogens is 559 g/mol. The number of carbonyl (C=O) groups is 2. The smallest absolute Gasteiger partial charge is 0.305 e. The zero-order valence-corrected chi connectivity index (χ0v) is 25.7. The lowest BCUT2D eigenvalue weighted by Crippen LogP contribution is -2.40. The van der Waals surface area contributed by atoms with Crippen molar-refractivity contribution in [3.63, 3.8) is 0 Å². The number of hydrogen-bond donors (Lipinski definition) is 2. The zero-order chi connectivity index (χ0) is 32.2. The van der Waals surface area contributed by atoms with E-state index in [0.717, 1.165) is 23.7 Å². The fourth-order valence-electron chi connectivity index (χ4n) is 5.38. The normalized spacial score (nSPS) is 12.9. The third-order valence-corrected chi connectivity index (χ3v) is 7.47. The van der Waals surface area contributed by atoms with Gasteiger partial charge in [-0.25, -0.2) is 13.2 Å². The molecule has 1 amide bonds. The molecule has 0 aliphatic heterocycles. The van der Waals surface area contributed by atoms with Crippen molar-refractivity contribution < 1.29 is 27.9 Å². The Hall–Kier alpha value is -3.92. The van der Waals surface area contributed by atoms with Crippen LogP contribution in [0.25, 0.3) is 11.1 Å². The Labute approximate surface area is 250 Å². The minimum atomic E-state index is -1.45. The third kappa shape index (κ3) is 8.34. The predicted molar refractivity (Wildman–Crippen MR) is 161 cm³/mol. The van der Waals surface area contributed by atoms with Crippen LogP contribution in [-0.2, 0) is 16.0 Å². The van der Waals surface area contributed by atoms with Crippen molar-refractivity contribution in [3.05, 3.63) is 92.2 Å². The van der Waals surface area contributed by atoms with Crippen LogP contribution in [0, 0.1) is 44.1 Å². The largest absolute Gasteiger partial charge is 0.481 e. The monoisotopic (exact) mass is 599 g/mol. The third-order valence-electron chi connectivity index (χ3n) is 7.47. The lowest BCUT2D eigenvalue weighted by atomic mass is 9.91. The van der Waals surface area contributed by atoms with Crippen LogP contribution in [0.2, 0.25) is 0 Å². The number of carbonyl (C=O) groups excluding carboxylic acids is 1. The predicted octanol–water partition coefficient (Wildman–Crippen LogP) is 5.88. The summed E-state index contributed by atoms with van der Waals surface area (Å²) in [4.78, 5) is 40.8. The lowest BCUT2D eigenvalue weighted by molar-refractivity contribution is -0.138. The summed E-state index contributed by atoms with van der Waals surface area (Å²) in [7, 11) is 3.86. The summed E-state index contributed by atoms with van der Waals surface area (Å²) in [6.07, 6.45) is 1.79. The van der Waals surface area contributed by atoms with Gasteiger partial charge in [0.2, 0.25) is 5.91 Å². The number of nitrogens with one attached hydrogen (secondary N) is 1. The number of amides is 1. The molecule has 1 unspecified atom stereocenters. The molecule has 10 heteroatoms. The average Bonchev–Trinajstić information content (AvgIpc) is 2.87. The number of aryl methyl sites for hydroxylation is 3. The first-order valence-corrected chi connectivity index (χ1v) is 14.2. The van der Waals surface area contributed by atoms with Crippen molar-refractivity contribution in [2.45, 2.75) is 66.0 Å². The number of nitrogens with zero attached hydrogens (tertiary/aromatic N) is 2. The second-order valence-corrected chi connectivity index (χ2v) is 11.9. The van der Waals surface area contributed by atoms with Gasteiger partial charge in [-0.2, -0.15) is 0 Å². The standard InChI is InChI=1S/C33H40F3N3O4/c1-18(2)10-28(39-17-22(8-9-38(6)7)19(3)13-29(39)40)33(43)37-27(16-30(41)42)25-14-23(15-26(35)32(25)36)31-20(4)11-24(34)12-21(31)5/h11-15,17-18,27-28H,8-10,16H2,1-7H3,(H,37,43)(H,41,42)/t27-,28?/m0/s1. The highest BCUT2D eigenvalue weighted by Gasteiger charge is 2.30. The van der Waals surface area contributed by atoms with Crippen molar-refractivity contribution in [2.75, 3.05) is 20.6 Å². The van der Waals surface area contributed by atoms with Crippen molar-refractivity contribution in [2.24, 2.45) is 5.92 Å². The molecule has 0 fully saturated rings. The molecule has 0 saturated heterocycles. The summed E-state index contributed by atoms with van der Waals surface area (Å²) < 4.78 is 45.6. The maximum Gasteiger partial charge on any atom is 0.305 e. The number of carboxylic acids is 1. The van der Waals surface area contributed by atoms with E-state index in [0.29, 0.717) is 23.1 Å². The van der Waals surface area contributed by atoms with E-state index in [1.54, 1.807) is 20.0 Å². The highest BCUT2D eigenvalue weighted by molar-refractivity contribution is 5.82. The summed E-state index contributed by atoms with van der Waals surface area (Å²) in [5.41, 5.74) is 2.55. The Morgan fingerprint density at radius 1 is 0.977 bits per heavy atom. The van der Waals surface area contributed by atoms with Crippen molar-refractivity contribution in [3.8, 4) is 11.1 Å². The van der Waals surface area contributed by atoms with E-state index in [1.807, 2.05) is 39.8 Å². The number of pyridine rings is 1. The van der Waals surface area contributed by atoms with Crippen LogP contribution in [0.15, 0.2) is 41.3 Å². The Bertz CT molecular complexity index is 1540. The topological polar surface area (TPSA) is 91.6 Å². The Morgan fingerprint density at radius 3 is 2.16 bits per heavy atom. The van der Waals surface area contributed by atoms with E-state index in [4.69, 9.17) is 0 Å². The van der Waals surface area contributed by atoms with Crippen LogP contribution in [0.3, 0.4) is 0 Å². The number of halogens is 3. The molecule has 2 N–H and O–H groups in total.